The first-order chi connectivity index (χ1) is 17.0. The zero-order chi connectivity index (χ0) is 24.4. The SMILES string of the molecule is COc1ccc(N2CCN(c3nccc4ccc(C(=O)Nc5ccc(C)c(F)c5)cc34)CC2)cc1. The van der Waals surface area contributed by atoms with E-state index >= 15 is 0 Å². The van der Waals surface area contributed by atoms with E-state index in [1.54, 1.807) is 32.2 Å². The molecule has 0 atom stereocenters. The lowest BCUT2D eigenvalue weighted by Gasteiger charge is -2.37. The van der Waals surface area contributed by atoms with E-state index in [9.17, 15) is 9.18 Å². The largest absolute Gasteiger partial charge is 0.497 e. The summed E-state index contributed by atoms with van der Waals surface area (Å²) in [7, 11) is 1.67. The highest BCUT2D eigenvalue weighted by Gasteiger charge is 2.21. The van der Waals surface area contributed by atoms with E-state index in [1.165, 1.54) is 11.8 Å². The monoisotopic (exact) mass is 470 g/mol. The quantitative estimate of drug-likeness (QED) is 0.431. The van der Waals surface area contributed by atoms with Crippen LogP contribution in [-0.4, -0.2) is 44.2 Å². The molecule has 1 N–H and O–H groups in total. The Morgan fingerprint density at radius 3 is 2.40 bits per heavy atom. The number of piperazine rings is 1. The van der Waals surface area contributed by atoms with E-state index in [0.717, 1.165) is 48.5 Å². The lowest BCUT2D eigenvalue weighted by molar-refractivity contribution is 0.102. The number of carbonyl (C=O) groups is 1. The van der Waals surface area contributed by atoms with Gasteiger partial charge in [0, 0.05) is 54.7 Å². The van der Waals surface area contributed by atoms with Gasteiger partial charge in [-0.1, -0.05) is 12.1 Å². The minimum absolute atomic E-state index is 0.283. The molecule has 6 nitrogen and oxygen atoms in total. The number of nitrogens with one attached hydrogen (secondary N) is 1. The highest BCUT2D eigenvalue weighted by molar-refractivity contribution is 6.07. The molecule has 1 aliphatic heterocycles. The number of hydrogen-bond acceptors (Lipinski definition) is 5. The van der Waals surface area contributed by atoms with Crippen molar-refractivity contribution in [1.29, 1.82) is 0 Å². The van der Waals surface area contributed by atoms with Crippen LogP contribution >= 0.6 is 0 Å². The van der Waals surface area contributed by atoms with Crippen molar-refractivity contribution in [2.24, 2.45) is 0 Å². The molecule has 0 saturated carbocycles. The van der Waals surface area contributed by atoms with Crippen molar-refractivity contribution < 1.29 is 13.9 Å². The van der Waals surface area contributed by atoms with Gasteiger partial charge in [0.15, 0.2) is 0 Å². The van der Waals surface area contributed by atoms with Crippen LogP contribution < -0.4 is 19.9 Å². The fourth-order valence-electron chi connectivity index (χ4n) is 4.39. The Morgan fingerprint density at radius 1 is 0.943 bits per heavy atom. The maximum atomic E-state index is 13.9. The second-order valence-electron chi connectivity index (χ2n) is 8.66. The number of pyridine rings is 1. The maximum Gasteiger partial charge on any atom is 0.255 e. The van der Waals surface area contributed by atoms with Gasteiger partial charge in [0.05, 0.1) is 7.11 Å². The first-order valence-electron chi connectivity index (χ1n) is 11.6. The van der Waals surface area contributed by atoms with Crippen molar-refractivity contribution >= 4 is 33.9 Å². The minimum atomic E-state index is -0.346. The summed E-state index contributed by atoms with van der Waals surface area (Å²) >= 11 is 0. The van der Waals surface area contributed by atoms with Gasteiger partial charge in [-0.3, -0.25) is 4.79 Å². The summed E-state index contributed by atoms with van der Waals surface area (Å²) in [5.74, 6) is 1.09. The summed E-state index contributed by atoms with van der Waals surface area (Å²) in [6.07, 6.45) is 1.81. The lowest BCUT2D eigenvalue weighted by Crippen LogP contribution is -2.46. The number of rotatable bonds is 5. The average Bonchev–Trinajstić information content (AvgIpc) is 2.90. The van der Waals surface area contributed by atoms with Crippen LogP contribution in [0, 0.1) is 12.7 Å². The molecule has 1 saturated heterocycles. The van der Waals surface area contributed by atoms with Crippen molar-refractivity contribution in [3.8, 4) is 5.75 Å². The predicted molar refractivity (Wildman–Crippen MR) is 138 cm³/mol. The Balaban J connectivity index is 1.34. The number of nitrogens with zero attached hydrogens (tertiary/aromatic N) is 3. The van der Waals surface area contributed by atoms with Crippen LogP contribution in [-0.2, 0) is 0 Å². The van der Waals surface area contributed by atoms with Crippen LogP contribution in [0.5, 0.6) is 5.75 Å². The van der Waals surface area contributed by atoms with E-state index in [1.807, 2.05) is 36.5 Å². The van der Waals surface area contributed by atoms with Crippen LogP contribution in [0.25, 0.3) is 10.8 Å². The first kappa shape index (κ1) is 22.7. The van der Waals surface area contributed by atoms with Gasteiger partial charge in [-0.15, -0.1) is 0 Å². The second kappa shape index (κ2) is 9.62. The Labute approximate surface area is 204 Å². The number of halogens is 1. The Bertz CT molecular complexity index is 1370. The van der Waals surface area contributed by atoms with E-state index in [-0.39, 0.29) is 11.7 Å². The summed E-state index contributed by atoms with van der Waals surface area (Å²) in [6.45, 7) is 5.05. The number of ether oxygens (including phenoxy) is 1. The third kappa shape index (κ3) is 4.75. The standard InChI is InChI=1S/C28H27FN4O2/c1-19-3-6-22(18-26(19)29)31-28(34)21-5-4-20-11-12-30-27(25(20)17-21)33-15-13-32(14-16-33)23-7-9-24(35-2)10-8-23/h3-12,17-18H,13-16H2,1-2H3,(H,31,34). The van der Waals surface area contributed by atoms with Crippen LogP contribution in [0.15, 0.2) is 72.9 Å². The Kier molecular flexibility index (Phi) is 6.23. The number of methoxy groups -OCH3 is 1. The molecule has 1 aromatic heterocycles. The highest BCUT2D eigenvalue weighted by atomic mass is 19.1. The van der Waals surface area contributed by atoms with E-state index < -0.39 is 0 Å². The van der Waals surface area contributed by atoms with Crippen molar-refractivity contribution in [2.75, 3.05) is 48.4 Å². The van der Waals surface area contributed by atoms with Gasteiger partial charge in [0.1, 0.15) is 17.4 Å². The van der Waals surface area contributed by atoms with Gasteiger partial charge in [0.2, 0.25) is 0 Å². The Hall–Kier alpha value is -4.13. The van der Waals surface area contributed by atoms with Crippen LogP contribution in [0.3, 0.4) is 0 Å². The number of fused-ring (bicyclic) bond motifs is 1. The van der Waals surface area contributed by atoms with E-state index in [4.69, 9.17) is 4.74 Å². The lowest BCUT2D eigenvalue weighted by atomic mass is 10.1. The van der Waals surface area contributed by atoms with Crippen molar-refractivity contribution in [1.82, 2.24) is 4.98 Å². The average molecular weight is 471 g/mol. The molecule has 0 aliphatic carbocycles. The molecular formula is C28H27FN4O2. The predicted octanol–water partition coefficient (Wildman–Crippen LogP) is 5.27. The molecule has 0 unspecified atom stereocenters. The Morgan fingerprint density at radius 2 is 1.69 bits per heavy atom. The molecule has 0 spiro atoms. The summed E-state index contributed by atoms with van der Waals surface area (Å²) < 4.78 is 19.2. The van der Waals surface area contributed by atoms with E-state index in [0.29, 0.717) is 16.8 Å². The fourth-order valence-corrected chi connectivity index (χ4v) is 4.39. The molecule has 35 heavy (non-hydrogen) atoms. The van der Waals surface area contributed by atoms with Gasteiger partial charge in [-0.25, -0.2) is 9.37 Å². The molecule has 1 amide bonds. The number of benzene rings is 3. The fraction of sp³-hybridized carbons (Fsp3) is 0.214. The molecule has 5 rings (SSSR count). The van der Waals surface area contributed by atoms with Crippen molar-refractivity contribution in [3.63, 3.8) is 0 Å². The molecule has 1 fully saturated rings. The van der Waals surface area contributed by atoms with Gasteiger partial charge in [-0.05, 0) is 72.5 Å². The van der Waals surface area contributed by atoms with Crippen LogP contribution in [0.4, 0.5) is 21.6 Å². The molecule has 4 aromatic rings. The van der Waals surface area contributed by atoms with Gasteiger partial charge in [0.25, 0.3) is 5.91 Å². The maximum absolute atomic E-state index is 13.9. The number of aromatic nitrogens is 1. The minimum Gasteiger partial charge on any atom is -0.497 e. The molecule has 178 valence electrons. The summed E-state index contributed by atoms with van der Waals surface area (Å²) in [4.78, 5) is 22.2. The topological polar surface area (TPSA) is 57.7 Å². The molecule has 2 heterocycles. The zero-order valence-electron chi connectivity index (χ0n) is 19.8. The molecular weight excluding hydrogens is 443 g/mol. The summed E-state index contributed by atoms with van der Waals surface area (Å²) in [5.41, 5.74) is 2.64. The van der Waals surface area contributed by atoms with Gasteiger partial charge in [-0.2, -0.15) is 0 Å². The van der Waals surface area contributed by atoms with Crippen molar-refractivity contribution in [3.05, 3.63) is 89.9 Å². The number of carbonyl (C=O) groups excluding carboxylic acids is 1. The number of hydrogen-bond donors (Lipinski definition) is 1. The summed E-state index contributed by atoms with van der Waals surface area (Å²) in [6, 6.07) is 20.3. The molecule has 1 aliphatic rings. The number of anilines is 3. The third-order valence-corrected chi connectivity index (χ3v) is 6.45. The highest BCUT2D eigenvalue weighted by Crippen LogP contribution is 2.28. The van der Waals surface area contributed by atoms with Crippen molar-refractivity contribution in [2.45, 2.75) is 6.92 Å². The zero-order valence-corrected chi connectivity index (χ0v) is 19.8. The first-order valence-corrected chi connectivity index (χ1v) is 11.6. The molecule has 7 heteroatoms. The van der Waals surface area contributed by atoms with Gasteiger partial charge < -0.3 is 19.9 Å². The third-order valence-electron chi connectivity index (χ3n) is 6.45. The molecule has 0 radical (unpaired) electrons. The van der Waals surface area contributed by atoms with Crippen LogP contribution in [0.2, 0.25) is 0 Å². The number of amides is 1. The van der Waals surface area contributed by atoms with Gasteiger partial charge >= 0.3 is 0 Å². The normalized spacial score (nSPS) is 13.7. The number of aryl methyl sites for hydroxylation is 1. The second-order valence-corrected chi connectivity index (χ2v) is 8.66. The van der Waals surface area contributed by atoms with E-state index in [2.05, 4.69) is 32.2 Å². The smallest absolute Gasteiger partial charge is 0.255 e. The summed E-state index contributed by atoms with van der Waals surface area (Å²) in [5, 5.41) is 4.74. The molecule has 3 aromatic carbocycles. The molecule has 0 bridgehead atoms. The van der Waals surface area contributed by atoms with Crippen LogP contribution in [0.1, 0.15) is 15.9 Å².